The van der Waals surface area contributed by atoms with Gasteiger partial charge in [-0.3, -0.25) is 20.2 Å². The topological polar surface area (TPSA) is 97.4 Å². The van der Waals surface area contributed by atoms with Gasteiger partial charge >= 0.3 is 12.0 Å². The van der Waals surface area contributed by atoms with E-state index in [4.69, 9.17) is 11.2 Å². The maximum absolute atomic E-state index is 13.0. The molecule has 8 heteroatoms. The molecule has 2 N–H and O–H groups in total. The first-order chi connectivity index (χ1) is 30.9. The second kappa shape index (κ2) is 36.3. The Labute approximate surface area is 380 Å². The predicted molar refractivity (Wildman–Crippen MR) is 255 cm³/mol. The molecular weight excluding hydrogens is 799 g/mol. The average Bonchev–Trinajstić information content (AvgIpc) is 3.66. The zero-order chi connectivity index (χ0) is 45.3. The maximum atomic E-state index is 13.0. The number of ketones is 1. The molecule has 0 unspecified atom stereocenters. The van der Waals surface area contributed by atoms with Crippen molar-refractivity contribution in [3.05, 3.63) is 34.7 Å². The van der Waals surface area contributed by atoms with Crippen LogP contribution in [0.2, 0.25) is 0 Å². The highest BCUT2D eigenvalue weighted by Gasteiger charge is 2.15. The molecule has 0 spiro atoms. The third-order valence-electron chi connectivity index (χ3n) is 8.73. The van der Waals surface area contributed by atoms with Crippen molar-refractivity contribution in [3.63, 3.8) is 0 Å². The highest BCUT2D eigenvalue weighted by molar-refractivity contribution is 7.16. The largest absolute Gasteiger partial charge is 0.466 e. The Balaban J connectivity index is 1.65. The molecule has 0 atom stereocenters. The second-order valence-electron chi connectivity index (χ2n) is 13.7. The lowest BCUT2D eigenvalue weighted by molar-refractivity contribution is -0.143. The predicted octanol–water partition coefficient (Wildman–Crippen LogP) is 9.63. The molecule has 2 rings (SSSR count). The summed E-state index contributed by atoms with van der Waals surface area (Å²) < 4.78 is 5.39. The van der Waals surface area contributed by atoms with E-state index in [2.05, 4.69) is 147 Å². The number of carbonyl (C=O) groups is 3. The van der Waals surface area contributed by atoms with Crippen molar-refractivity contribution in [1.82, 2.24) is 10.3 Å². The van der Waals surface area contributed by atoms with E-state index in [1.165, 1.54) is 94.8 Å². The van der Waals surface area contributed by atoms with Crippen molar-refractivity contribution in [2.24, 2.45) is 0 Å². The summed E-state index contributed by atoms with van der Waals surface area (Å²) in [6.07, 6.45) is 25.7. The number of nitrogens with one attached hydrogen (secondary N) is 2. The first-order valence-electron chi connectivity index (χ1n) is 21.2. The number of amides is 2. The minimum atomic E-state index is -0.593. The first-order valence-corrected chi connectivity index (χ1v) is 22.1. The monoisotopic (exact) mass is 849 g/mol. The molecule has 0 aliphatic rings. The molecule has 0 saturated heterocycles. The Bertz CT molecular complexity index is 2540. The lowest BCUT2D eigenvalue weighted by Crippen LogP contribution is -2.24. The smallest absolute Gasteiger partial charge is 0.332 e. The number of Topliss-reactive ketones (excluding diaryl/α,β-unsaturated/α-hetero) is 1. The number of hydrogen-bond acceptors (Lipinski definition) is 6. The molecule has 1 aromatic heterocycles. The van der Waals surface area contributed by atoms with E-state index in [9.17, 15) is 14.4 Å². The summed E-state index contributed by atoms with van der Waals surface area (Å²) in [4.78, 5) is 43.0. The number of urea groups is 1. The van der Waals surface area contributed by atoms with E-state index in [1.807, 2.05) is 13.0 Å². The molecule has 316 valence electrons. The number of terminal acetylenes is 1. The van der Waals surface area contributed by atoms with Gasteiger partial charge in [-0.1, -0.05) is 121 Å². The van der Waals surface area contributed by atoms with Gasteiger partial charge in [-0.2, -0.15) is 0 Å². The number of benzene rings is 1. The first kappa shape index (κ1) is 51.6. The third-order valence-corrected chi connectivity index (χ3v) is 9.61. The van der Waals surface area contributed by atoms with Crippen LogP contribution in [0, 0.1) is 138 Å². The molecule has 0 saturated carbocycles. The summed E-state index contributed by atoms with van der Waals surface area (Å²) in [7, 11) is 0. The molecule has 0 aliphatic heterocycles. The van der Waals surface area contributed by atoms with E-state index >= 15 is 0 Å². The highest BCUT2D eigenvalue weighted by Crippen LogP contribution is 2.31. The number of thiazole rings is 1. The van der Waals surface area contributed by atoms with Gasteiger partial charge in [-0.25, -0.2) is 9.78 Å². The SMILES string of the molecule is C#CC#CC#CC#CC#CC#CC#CC#CC#CC#CC#CNC(=O)Nc1nc(-c2cccc(C(=O)CCC(=O)OCCCCCCCCCCCCCCCCCC)c2)c(C)s1. The van der Waals surface area contributed by atoms with E-state index in [1.54, 1.807) is 18.2 Å². The van der Waals surface area contributed by atoms with Gasteiger partial charge in [0.2, 0.25) is 0 Å². The Hall–Kier alpha value is -7.58. The van der Waals surface area contributed by atoms with Crippen LogP contribution in [0.15, 0.2) is 24.3 Å². The van der Waals surface area contributed by atoms with Crippen LogP contribution in [0.3, 0.4) is 0 Å². The van der Waals surface area contributed by atoms with Crippen LogP contribution >= 0.6 is 11.3 Å². The summed E-state index contributed by atoms with van der Waals surface area (Å²) in [6.45, 7) is 4.53. The number of nitrogens with zero attached hydrogens (tertiary/aromatic N) is 1. The molecule has 1 heterocycles. The minimum Gasteiger partial charge on any atom is -0.466 e. The van der Waals surface area contributed by atoms with Gasteiger partial charge in [0.15, 0.2) is 10.9 Å². The number of hydrogen-bond donors (Lipinski definition) is 2. The fourth-order valence-electron chi connectivity index (χ4n) is 5.64. The summed E-state index contributed by atoms with van der Waals surface area (Å²) >= 11 is 1.28. The van der Waals surface area contributed by atoms with Gasteiger partial charge in [0.25, 0.3) is 0 Å². The van der Waals surface area contributed by atoms with Gasteiger partial charge in [-0.15, -0.1) is 17.8 Å². The van der Waals surface area contributed by atoms with Crippen molar-refractivity contribution in [2.75, 3.05) is 11.9 Å². The number of esters is 1. The molecule has 1 aromatic carbocycles. The van der Waals surface area contributed by atoms with Crippen LogP contribution in [0.1, 0.15) is 138 Å². The number of ether oxygens (including phenoxy) is 1. The molecule has 0 bridgehead atoms. The molecule has 0 radical (unpaired) electrons. The van der Waals surface area contributed by atoms with E-state index in [-0.39, 0.29) is 24.6 Å². The van der Waals surface area contributed by atoms with E-state index in [0.717, 1.165) is 29.7 Å². The van der Waals surface area contributed by atoms with Crippen molar-refractivity contribution >= 4 is 34.3 Å². The van der Waals surface area contributed by atoms with Crippen molar-refractivity contribution < 1.29 is 19.1 Å². The number of aromatic nitrogens is 1. The quantitative estimate of drug-likeness (QED) is 0.0382. The third kappa shape index (κ3) is 27.7. The number of aryl methyl sites for hydroxylation is 1. The second-order valence-corrected chi connectivity index (χ2v) is 14.9. The Morgan fingerprint density at radius 1 is 0.619 bits per heavy atom. The van der Waals surface area contributed by atoms with Crippen molar-refractivity contribution in [3.8, 4) is 142 Å². The Morgan fingerprint density at radius 2 is 1.08 bits per heavy atom. The summed E-state index contributed by atoms with van der Waals surface area (Å²) in [6, 6.07) is 8.91. The van der Waals surface area contributed by atoms with Crippen LogP contribution in [0.5, 0.6) is 0 Å². The molecular formula is C55H51N3O4S. The fraction of sp³-hybridized carbons (Fsp3) is 0.382. The van der Waals surface area contributed by atoms with Crippen molar-refractivity contribution in [1.29, 1.82) is 0 Å². The Kier molecular flexibility index (Phi) is 29.7. The van der Waals surface area contributed by atoms with Crippen molar-refractivity contribution in [2.45, 2.75) is 129 Å². The number of unbranched alkanes of at least 4 members (excludes halogenated alkanes) is 15. The van der Waals surface area contributed by atoms with Crippen LogP contribution < -0.4 is 10.6 Å². The lowest BCUT2D eigenvalue weighted by atomic mass is 10.0. The van der Waals surface area contributed by atoms with Gasteiger partial charge in [0, 0.05) is 99.5 Å². The maximum Gasteiger partial charge on any atom is 0.332 e. The summed E-state index contributed by atoms with van der Waals surface area (Å²) in [5.74, 6) is 48.7. The molecule has 0 aliphatic carbocycles. The average molecular weight is 850 g/mol. The van der Waals surface area contributed by atoms with Crippen LogP contribution in [0.25, 0.3) is 11.3 Å². The lowest BCUT2D eigenvalue weighted by Gasteiger charge is -2.06. The molecule has 2 amide bonds. The Morgan fingerprint density at radius 3 is 1.57 bits per heavy atom. The molecule has 2 aromatic rings. The zero-order valence-electron chi connectivity index (χ0n) is 36.3. The van der Waals surface area contributed by atoms with E-state index in [0.29, 0.717) is 23.0 Å². The normalized spacial score (nSPS) is 8.59. The number of rotatable bonds is 23. The molecule has 0 fully saturated rings. The summed E-state index contributed by atoms with van der Waals surface area (Å²) in [5.41, 5.74) is 1.82. The van der Waals surface area contributed by atoms with Gasteiger partial charge < -0.3 is 4.74 Å². The summed E-state index contributed by atoms with van der Waals surface area (Å²) in [5, 5.41) is 5.37. The fourth-order valence-corrected chi connectivity index (χ4v) is 6.47. The van der Waals surface area contributed by atoms with Crippen LogP contribution in [-0.4, -0.2) is 29.4 Å². The van der Waals surface area contributed by atoms with Gasteiger partial charge in [-0.05, 0) is 66.8 Å². The highest BCUT2D eigenvalue weighted by atomic mass is 32.1. The van der Waals surface area contributed by atoms with E-state index < -0.39 is 6.03 Å². The van der Waals surface area contributed by atoms with Gasteiger partial charge in [0.1, 0.15) is 0 Å². The van der Waals surface area contributed by atoms with Crippen LogP contribution in [-0.2, 0) is 9.53 Å². The van der Waals surface area contributed by atoms with Gasteiger partial charge in [0.05, 0.1) is 18.7 Å². The zero-order valence-corrected chi connectivity index (χ0v) is 37.1. The number of anilines is 1. The van der Waals surface area contributed by atoms with Crippen LogP contribution in [0.4, 0.5) is 9.93 Å². The molecule has 7 nitrogen and oxygen atoms in total. The standard InChI is InChI=1S/C55H51N3O4S/c1-4-6-8-10-12-14-16-18-20-22-23-24-25-26-28-30-32-34-36-38-45-56-54(61)58-55-57-53(48(3)63-55)50-42-40-41-49(47-50)51(59)43-44-52(60)62-46-39-37-35-33-31-29-27-21-19-17-15-13-11-9-7-5-2/h1,40-42,47H,5,7,9,11,13,15,17,19,21,27,29,31,33,35,37,39,43-44,46H2,2-3H3,(H2,56,57,58,61). The number of carbonyl (C=O) groups excluding carboxylic acids is 3. The minimum absolute atomic E-state index is 0.0319. The molecule has 63 heavy (non-hydrogen) atoms.